The third-order valence-electron chi connectivity index (χ3n) is 3.57. The van der Waals surface area contributed by atoms with Crippen LogP contribution < -0.4 is 0 Å². The summed E-state index contributed by atoms with van der Waals surface area (Å²) in [5.41, 5.74) is 1.21. The van der Waals surface area contributed by atoms with Crippen LogP contribution >= 0.6 is 0 Å². The van der Waals surface area contributed by atoms with Crippen molar-refractivity contribution in [1.82, 2.24) is 0 Å². The van der Waals surface area contributed by atoms with E-state index in [0.717, 1.165) is 5.57 Å². The van der Waals surface area contributed by atoms with Crippen LogP contribution in [0.15, 0.2) is 35.9 Å². The summed E-state index contributed by atoms with van der Waals surface area (Å²) in [6.07, 6.45) is 1.87. The molecule has 0 amide bonds. The number of ether oxygens (including phenoxy) is 1. The molecular weight excluding hydrogens is 252 g/mol. The van der Waals surface area contributed by atoms with Crippen LogP contribution in [0.1, 0.15) is 54.8 Å². The Morgan fingerprint density at radius 1 is 1.20 bits per heavy atom. The summed E-state index contributed by atoms with van der Waals surface area (Å²) in [7, 11) is 0. The molecule has 1 fully saturated rings. The Labute approximate surface area is 119 Å². The molecule has 1 aliphatic heterocycles. The number of ketones is 2. The van der Waals surface area contributed by atoms with E-state index in [1.165, 1.54) is 0 Å². The summed E-state index contributed by atoms with van der Waals surface area (Å²) in [6.45, 7) is 7.94. The first-order valence-electron chi connectivity index (χ1n) is 7.05. The van der Waals surface area contributed by atoms with Crippen molar-refractivity contribution in [2.24, 2.45) is 0 Å². The highest BCUT2D eigenvalue weighted by molar-refractivity contribution is 6.22. The molecule has 0 radical (unpaired) electrons. The minimum absolute atomic E-state index is 0.0554. The fourth-order valence-corrected chi connectivity index (χ4v) is 2.48. The van der Waals surface area contributed by atoms with Gasteiger partial charge in [0.2, 0.25) is 0 Å². The van der Waals surface area contributed by atoms with Crippen LogP contribution in [0.25, 0.3) is 0 Å². The van der Waals surface area contributed by atoms with Crippen molar-refractivity contribution < 1.29 is 14.3 Å². The smallest absolute Gasteiger partial charge is 0.198 e. The summed E-state index contributed by atoms with van der Waals surface area (Å²) < 4.78 is 5.48. The third-order valence-corrected chi connectivity index (χ3v) is 3.57. The zero-order valence-corrected chi connectivity index (χ0v) is 12.4. The molecule has 1 heterocycles. The Balaban J connectivity index is 0.000000704. The molecule has 1 aliphatic carbocycles. The molecule has 20 heavy (non-hydrogen) atoms. The van der Waals surface area contributed by atoms with Crippen molar-refractivity contribution >= 4 is 11.6 Å². The van der Waals surface area contributed by atoms with Gasteiger partial charge in [-0.05, 0) is 13.8 Å². The molecule has 1 saturated heterocycles. The standard InChI is InChI=1S/C15H14O3.C2H6/c1-9(2)7-8-15-13(17)11-6-4-3-5-10(11)12(16)14(15)18-15;1-2/h3-7,14H,8H2,1-2H3;1-2H3. The van der Waals surface area contributed by atoms with E-state index in [2.05, 4.69) is 0 Å². The van der Waals surface area contributed by atoms with Gasteiger partial charge in [0.25, 0.3) is 0 Å². The number of carbonyl (C=O) groups excluding carboxylic acids is 2. The molecule has 0 bridgehead atoms. The highest BCUT2D eigenvalue weighted by Gasteiger charge is 2.68. The lowest BCUT2D eigenvalue weighted by molar-refractivity contribution is 0.0862. The summed E-state index contributed by atoms with van der Waals surface area (Å²) >= 11 is 0. The number of Topliss-reactive ketones (excluding diaryl/α,β-unsaturated/α-hetero) is 2. The van der Waals surface area contributed by atoms with E-state index >= 15 is 0 Å². The highest BCUT2D eigenvalue weighted by Crippen LogP contribution is 2.48. The summed E-state index contributed by atoms with van der Waals surface area (Å²) in [5, 5.41) is 0. The van der Waals surface area contributed by atoms with Crippen molar-refractivity contribution in [2.45, 2.75) is 45.8 Å². The molecule has 3 heteroatoms. The van der Waals surface area contributed by atoms with Crippen LogP contribution in [-0.4, -0.2) is 23.3 Å². The summed E-state index contributed by atoms with van der Waals surface area (Å²) in [6, 6.07) is 6.95. The Bertz CT molecular complexity index is 582. The van der Waals surface area contributed by atoms with Crippen molar-refractivity contribution in [3.8, 4) is 0 Å². The SMILES string of the molecule is CC.CC(C)=CCC12OC1C(=O)c1ccccc1C2=O. The van der Waals surface area contributed by atoms with Gasteiger partial charge in [0.05, 0.1) is 0 Å². The molecule has 3 rings (SSSR count). The third kappa shape index (κ3) is 2.12. The molecule has 1 aromatic rings. The summed E-state index contributed by atoms with van der Waals surface area (Å²) in [5.74, 6) is -0.118. The monoisotopic (exact) mass is 272 g/mol. The van der Waals surface area contributed by atoms with Crippen molar-refractivity contribution in [3.63, 3.8) is 0 Å². The Hall–Kier alpha value is -1.74. The minimum atomic E-state index is -0.914. The second-order valence-electron chi connectivity index (χ2n) is 5.11. The van der Waals surface area contributed by atoms with E-state index in [1.807, 2.05) is 33.8 Å². The van der Waals surface area contributed by atoms with Gasteiger partial charge in [0, 0.05) is 17.5 Å². The quantitative estimate of drug-likeness (QED) is 0.610. The van der Waals surface area contributed by atoms with Gasteiger partial charge in [-0.2, -0.15) is 0 Å². The fourth-order valence-electron chi connectivity index (χ4n) is 2.48. The van der Waals surface area contributed by atoms with Gasteiger partial charge in [0.15, 0.2) is 23.3 Å². The minimum Gasteiger partial charge on any atom is -0.348 e. The maximum absolute atomic E-state index is 12.4. The van der Waals surface area contributed by atoms with Gasteiger partial charge in [0.1, 0.15) is 0 Å². The van der Waals surface area contributed by atoms with Crippen molar-refractivity contribution in [1.29, 1.82) is 0 Å². The van der Waals surface area contributed by atoms with Gasteiger partial charge < -0.3 is 4.74 Å². The second-order valence-corrected chi connectivity index (χ2v) is 5.11. The molecule has 2 unspecified atom stereocenters. The van der Waals surface area contributed by atoms with E-state index in [0.29, 0.717) is 17.5 Å². The largest absolute Gasteiger partial charge is 0.348 e. The van der Waals surface area contributed by atoms with E-state index in [4.69, 9.17) is 4.74 Å². The van der Waals surface area contributed by atoms with E-state index in [-0.39, 0.29) is 11.6 Å². The lowest BCUT2D eigenvalue weighted by atomic mass is 9.80. The molecule has 0 N–H and O–H groups in total. The van der Waals surface area contributed by atoms with Crippen molar-refractivity contribution in [2.75, 3.05) is 0 Å². The lowest BCUT2D eigenvalue weighted by Gasteiger charge is -2.17. The van der Waals surface area contributed by atoms with Crippen molar-refractivity contribution in [3.05, 3.63) is 47.0 Å². The van der Waals surface area contributed by atoms with E-state index < -0.39 is 11.7 Å². The average Bonchev–Trinajstić information content (AvgIpc) is 3.22. The number of epoxide rings is 1. The van der Waals surface area contributed by atoms with Gasteiger partial charge >= 0.3 is 0 Å². The van der Waals surface area contributed by atoms with Crippen LogP contribution in [0.2, 0.25) is 0 Å². The predicted octanol–water partition coefficient (Wildman–Crippen LogP) is 3.59. The van der Waals surface area contributed by atoms with E-state index in [9.17, 15) is 9.59 Å². The summed E-state index contributed by atoms with van der Waals surface area (Å²) in [4.78, 5) is 24.6. The first-order chi connectivity index (χ1) is 9.56. The van der Waals surface area contributed by atoms with Crippen LogP contribution in [0.3, 0.4) is 0 Å². The molecule has 0 saturated carbocycles. The number of hydrogen-bond acceptors (Lipinski definition) is 3. The zero-order valence-electron chi connectivity index (χ0n) is 12.4. The first kappa shape index (κ1) is 14.7. The number of allylic oxidation sites excluding steroid dienone is 1. The zero-order chi connectivity index (χ0) is 14.9. The van der Waals surface area contributed by atoms with Gasteiger partial charge in [-0.15, -0.1) is 0 Å². The molecule has 0 spiro atoms. The highest BCUT2D eigenvalue weighted by atomic mass is 16.6. The van der Waals surface area contributed by atoms with Crippen LogP contribution in [-0.2, 0) is 4.74 Å². The average molecular weight is 272 g/mol. The Morgan fingerprint density at radius 3 is 2.40 bits per heavy atom. The van der Waals surface area contributed by atoms with E-state index in [1.54, 1.807) is 24.3 Å². The molecule has 106 valence electrons. The van der Waals surface area contributed by atoms with Crippen LogP contribution in [0.4, 0.5) is 0 Å². The van der Waals surface area contributed by atoms with Gasteiger partial charge in [-0.25, -0.2) is 0 Å². The maximum Gasteiger partial charge on any atom is 0.198 e. The van der Waals surface area contributed by atoms with Gasteiger partial charge in [-0.3, -0.25) is 9.59 Å². The molecule has 2 atom stereocenters. The molecule has 2 aliphatic rings. The second kappa shape index (κ2) is 5.33. The lowest BCUT2D eigenvalue weighted by Crippen LogP contribution is -2.36. The number of rotatable bonds is 2. The number of benzene rings is 1. The molecule has 0 aromatic heterocycles. The number of carbonyl (C=O) groups is 2. The maximum atomic E-state index is 12.4. The Morgan fingerprint density at radius 2 is 1.80 bits per heavy atom. The topological polar surface area (TPSA) is 46.7 Å². The Kier molecular flexibility index (Phi) is 3.91. The number of fused-ring (bicyclic) bond motifs is 2. The van der Waals surface area contributed by atoms with Gasteiger partial charge in [-0.1, -0.05) is 49.8 Å². The van der Waals surface area contributed by atoms with Crippen LogP contribution in [0.5, 0.6) is 0 Å². The predicted molar refractivity (Wildman–Crippen MR) is 78.1 cm³/mol. The molecular formula is C17H20O3. The van der Waals surface area contributed by atoms with Crippen LogP contribution in [0, 0.1) is 0 Å². The number of hydrogen-bond donors (Lipinski definition) is 0. The molecule has 3 nitrogen and oxygen atoms in total. The molecule has 1 aromatic carbocycles. The first-order valence-corrected chi connectivity index (χ1v) is 7.05. The fraction of sp³-hybridized carbons (Fsp3) is 0.412. The normalized spacial score (nSPS) is 25.9.